The standard InChI is InChI=1S/C8H10N2O3S/c11-7-3-1-4-8(9-7)14(12,13)10-5-2-6-10/h1,3-4H,2,5-6H2,(H,9,11). The fourth-order valence-electron chi connectivity index (χ4n) is 1.24. The van der Waals surface area contributed by atoms with Gasteiger partial charge in [0.2, 0.25) is 5.56 Å². The lowest BCUT2D eigenvalue weighted by atomic mass is 10.3. The summed E-state index contributed by atoms with van der Waals surface area (Å²) in [4.78, 5) is 13.2. The highest BCUT2D eigenvalue weighted by atomic mass is 32.2. The molecule has 0 spiro atoms. The molecule has 0 unspecified atom stereocenters. The summed E-state index contributed by atoms with van der Waals surface area (Å²) >= 11 is 0. The number of nitrogens with zero attached hydrogens (tertiary/aromatic N) is 1. The van der Waals surface area contributed by atoms with Gasteiger partial charge in [0.1, 0.15) is 0 Å². The number of nitrogens with one attached hydrogen (secondary N) is 1. The van der Waals surface area contributed by atoms with E-state index >= 15 is 0 Å². The highest BCUT2D eigenvalue weighted by molar-refractivity contribution is 7.89. The topological polar surface area (TPSA) is 70.2 Å². The SMILES string of the molecule is O=c1cccc(S(=O)(=O)N2CCC2)[nH]1. The minimum Gasteiger partial charge on any atom is -0.312 e. The lowest BCUT2D eigenvalue weighted by Crippen LogP contribution is -2.42. The molecule has 1 N–H and O–H groups in total. The third-order valence-electron chi connectivity index (χ3n) is 2.17. The van der Waals surface area contributed by atoms with Crippen LogP contribution in [0.4, 0.5) is 0 Å². The lowest BCUT2D eigenvalue weighted by Gasteiger charge is -2.29. The lowest BCUT2D eigenvalue weighted by molar-refractivity contribution is 0.308. The van der Waals surface area contributed by atoms with Crippen LogP contribution in [0, 0.1) is 0 Å². The fourth-order valence-corrected chi connectivity index (χ4v) is 2.74. The summed E-state index contributed by atoms with van der Waals surface area (Å²) in [6, 6.07) is 4.12. The average Bonchev–Trinajstić information content (AvgIpc) is 2.00. The molecule has 0 aliphatic carbocycles. The molecule has 0 bridgehead atoms. The predicted molar refractivity (Wildman–Crippen MR) is 50.4 cm³/mol. The van der Waals surface area contributed by atoms with E-state index in [-0.39, 0.29) is 5.03 Å². The van der Waals surface area contributed by atoms with Crippen molar-refractivity contribution in [3.05, 3.63) is 28.6 Å². The maximum atomic E-state index is 11.7. The number of aromatic nitrogens is 1. The van der Waals surface area contributed by atoms with E-state index in [1.54, 1.807) is 0 Å². The molecule has 1 aliphatic heterocycles. The summed E-state index contributed by atoms with van der Waals surface area (Å²) in [5.74, 6) is 0. The molecule has 14 heavy (non-hydrogen) atoms. The monoisotopic (exact) mass is 214 g/mol. The van der Waals surface area contributed by atoms with Gasteiger partial charge in [0.05, 0.1) is 0 Å². The Balaban J connectivity index is 2.43. The zero-order valence-electron chi connectivity index (χ0n) is 7.43. The first-order chi connectivity index (χ1) is 6.60. The highest BCUT2D eigenvalue weighted by Gasteiger charge is 2.29. The van der Waals surface area contributed by atoms with Crippen LogP contribution in [0.1, 0.15) is 6.42 Å². The fraction of sp³-hybridized carbons (Fsp3) is 0.375. The van der Waals surface area contributed by atoms with E-state index in [4.69, 9.17) is 0 Å². The first-order valence-corrected chi connectivity index (χ1v) is 5.74. The minimum absolute atomic E-state index is 0.0234. The van der Waals surface area contributed by atoms with E-state index in [2.05, 4.69) is 4.98 Å². The van der Waals surface area contributed by atoms with Crippen LogP contribution in [-0.2, 0) is 10.0 Å². The Morgan fingerprint density at radius 1 is 1.29 bits per heavy atom. The van der Waals surface area contributed by atoms with Gasteiger partial charge in [-0.25, -0.2) is 8.42 Å². The molecule has 0 aromatic carbocycles. The van der Waals surface area contributed by atoms with Crippen molar-refractivity contribution < 1.29 is 8.42 Å². The van der Waals surface area contributed by atoms with E-state index in [1.807, 2.05) is 0 Å². The van der Waals surface area contributed by atoms with Crippen molar-refractivity contribution in [1.29, 1.82) is 0 Å². The molecule has 0 saturated carbocycles. The van der Waals surface area contributed by atoms with Gasteiger partial charge in [-0.3, -0.25) is 4.79 Å². The number of hydrogen-bond acceptors (Lipinski definition) is 3. The zero-order valence-corrected chi connectivity index (χ0v) is 8.25. The molecular weight excluding hydrogens is 204 g/mol. The van der Waals surface area contributed by atoms with Crippen molar-refractivity contribution in [1.82, 2.24) is 9.29 Å². The van der Waals surface area contributed by atoms with Crippen molar-refractivity contribution in [3.8, 4) is 0 Å². The maximum Gasteiger partial charge on any atom is 0.258 e. The van der Waals surface area contributed by atoms with Crippen molar-refractivity contribution in [3.63, 3.8) is 0 Å². The smallest absolute Gasteiger partial charge is 0.258 e. The molecule has 1 aliphatic rings. The molecule has 5 nitrogen and oxygen atoms in total. The second-order valence-corrected chi connectivity index (χ2v) is 5.04. The zero-order chi connectivity index (χ0) is 10.2. The number of sulfonamides is 1. The first kappa shape index (κ1) is 9.42. The summed E-state index contributed by atoms with van der Waals surface area (Å²) in [6.07, 6.45) is 0.885. The van der Waals surface area contributed by atoms with Crippen molar-refractivity contribution in [2.75, 3.05) is 13.1 Å². The van der Waals surface area contributed by atoms with Gasteiger partial charge in [-0.05, 0) is 12.5 Å². The Morgan fingerprint density at radius 3 is 2.50 bits per heavy atom. The van der Waals surface area contributed by atoms with Gasteiger partial charge in [0, 0.05) is 19.2 Å². The van der Waals surface area contributed by atoms with E-state index in [0.29, 0.717) is 13.1 Å². The first-order valence-electron chi connectivity index (χ1n) is 4.30. The van der Waals surface area contributed by atoms with Crippen LogP contribution in [0.25, 0.3) is 0 Å². The number of H-pyrrole nitrogens is 1. The maximum absolute atomic E-state index is 11.7. The van der Waals surface area contributed by atoms with E-state index < -0.39 is 15.6 Å². The largest absolute Gasteiger partial charge is 0.312 e. The molecule has 2 rings (SSSR count). The summed E-state index contributed by atoms with van der Waals surface area (Å²) in [6.45, 7) is 1.08. The molecule has 0 radical (unpaired) electrons. The van der Waals surface area contributed by atoms with Gasteiger partial charge < -0.3 is 4.98 Å². The van der Waals surface area contributed by atoms with Crippen molar-refractivity contribution in [2.24, 2.45) is 0 Å². The summed E-state index contributed by atoms with van der Waals surface area (Å²) in [5, 5.41) is -0.0234. The summed E-state index contributed by atoms with van der Waals surface area (Å²) in [5.41, 5.74) is -0.397. The normalized spacial score (nSPS) is 17.7. The van der Waals surface area contributed by atoms with Crippen molar-refractivity contribution in [2.45, 2.75) is 11.4 Å². The Labute approximate surface area is 81.4 Å². The Kier molecular flexibility index (Phi) is 2.16. The Hall–Kier alpha value is -1.14. The number of pyridine rings is 1. The van der Waals surface area contributed by atoms with Gasteiger partial charge in [0.15, 0.2) is 5.03 Å². The average molecular weight is 214 g/mol. The second-order valence-electron chi connectivity index (χ2n) is 3.14. The van der Waals surface area contributed by atoms with E-state index in [1.165, 1.54) is 22.5 Å². The molecule has 1 aromatic rings. The molecular formula is C8H10N2O3S. The second kappa shape index (κ2) is 3.21. The number of hydrogen-bond donors (Lipinski definition) is 1. The van der Waals surface area contributed by atoms with Crippen LogP contribution in [0.2, 0.25) is 0 Å². The molecule has 0 amide bonds. The van der Waals surface area contributed by atoms with Gasteiger partial charge in [-0.1, -0.05) is 6.07 Å². The summed E-state index contributed by atoms with van der Waals surface area (Å²) in [7, 11) is -3.45. The van der Waals surface area contributed by atoms with Crippen LogP contribution in [0.5, 0.6) is 0 Å². The predicted octanol–water partition coefficient (Wildman–Crippen LogP) is -0.231. The molecule has 1 saturated heterocycles. The molecule has 1 fully saturated rings. The van der Waals surface area contributed by atoms with Crippen LogP contribution >= 0.6 is 0 Å². The highest BCUT2D eigenvalue weighted by Crippen LogP contribution is 2.17. The molecule has 0 atom stereocenters. The van der Waals surface area contributed by atoms with Crippen LogP contribution in [0.15, 0.2) is 28.0 Å². The molecule has 2 heterocycles. The molecule has 76 valence electrons. The van der Waals surface area contributed by atoms with Crippen LogP contribution in [0.3, 0.4) is 0 Å². The molecule has 1 aromatic heterocycles. The minimum atomic E-state index is -3.45. The number of aromatic amines is 1. The Bertz CT molecular complexity index is 487. The van der Waals surface area contributed by atoms with Gasteiger partial charge in [0.25, 0.3) is 10.0 Å². The third-order valence-corrected chi connectivity index (χ3v) is 4.01. The van der Waals surface area contributed by atoms with Gasteiger partial charge in [-0.2, -0.15) is 4.31 Å². The molecule has 6 heteroatoms. The number of rotatable bonds is 2. The third kappa shape index (κ3) is 1.46. The van der Waals surface area contributed by atoms with Crippen LogP contribution in [-0.4, -0.2) is 30.8 Å². The van der Waals surface area contributed by atoms with Gasteiger partial charge in [-0.15, -0.1) is 0 Å². The van der Waals surface area contributed by atoms with Crippen LogP contribution < -0.4 is 5.56 Å². The van der Waals surface area contributed by atoms with E-state index in [0.717, 1.165) is 6.42 Å². The van der Waals surface area contributed by atoms with E-state index in [9.17, 15) is 13.2 Å². The van der Waals surface area contributed by atoms with Gasteiger partial charge >= 0.3 is 0 Å². The quantitative estimate of drug-likeness (QED) is 0.739. The summed E-state index contributed by atoms with van der Waals surface area (Å²) < 4.78 is 24.8. The Morgan fingerprint density at radius 2 is 2.00 bits per heavy atom. The van der Waals surface area contributed by atoms with Crippen molar-refractivity contribution >= 4 is 10.0 Å².